The van der Waals surface area contributed by atoms with Crippen LogP contribution in [-0.2, 0) is 19.2 Å². The van der Waals surface area contributed by atoms with Crippen LogP contribution >= 0.6 is 0 Å². The number of amides is 4. The second-order valence-electron chi connectivity index (χ2n) is 7.70. The number of rotatable bonds is 7. The molecule has 3 N–H and O–H groups in total. The molecule has 9 heteroatoms. The van der Waals surface area contributed by atoms with Gasteiger partial charge in [0.1, 0.15) is 5.75 Å². The summed E-state index contributed by atoms with van der Waals surface area (Å²) >= 11 is 0. The Morgan fingerprint density at radius 1 is 1.13 bits per heavy atom. The van der Waals surface area contributed by atoms with E-state index in [2.05, 4.69) is 5.32 Å². The lowest BCUT2D eigenvalue weighted by molar-refractivity contribution is -0.135. The minimum Gasteiger partial charge on any atom is -0.497 e. The second kappa shape index (κ2) is 9.60. The Kier molecular flexibility index (Phi) is 6.91. The van der Waals surface area contributed by atoms with Crippen LogP contribution in [0.3, 0.4) is 0 Å². The number of hydrogen-bond acceptors (Lipinski definition) is 5. The molecule has 2 aliphatic heterocycles. The molecule has 0 bridgehead atoms. The first kappa shape index (κ1) is 21.6. The lowest BCUT2D eigenvalue weighted by Crippen LogP contribution is -2.43. The number of anilines is 1. The SMILES string of the molecule is COc1ccc(N2C[C@@H](C(=O)NCCC(=O)N3CCC(C(N)=O)CC3)CC2=O)cc1. The molecule has 9 nitrogen and oxygen atoms in total. The van der Waals surface area contributed by atoms with Crippen LogP contribution in [-0.4, -0.2) is 61.8 Å². The fourth-order valence-corrected chi connectivity index (χ4v) is 3.90. The third-order valence-corrected chi connectivity index (χ3v) is 5.77. The summed E-state index contributed by atoms with van der Waals surface area (Å²) in [5.74, 6) is -0.607. The molecule has 1 aromatic carbocycles. The number of benzene rings is 1. The normalized spacial score (nSPS) is 19.6. The van der Waals surface area contributed by atoms with Crippen LogP contribution in [0, 0.1) is 11.8 Å². The molecule has 3 rings (SSSR count). The maximum atomic E-state index is 12.5. The van der Waals surface area contributed by atoms with E-state index in [1.54, 1.807) is 41.2 Å². The van der Waals surface area contributed by atoms with E-state index in [4.69, 9.17) is 10.5 Å². The van der Waals surface area contributed by atoms with Gasteiger partial charge in [-0.2, -0.15) is 0 Å². The number of nitrogens with zero attached hydrogens (tertiary/aromatic N) is 2. The highest BCUT2D eigenvalue weighted by Crippen LogP contribution is 2.27. The Morgan fingerprint density at radius 3 is 2.40 bits per heavy atom. The van der Waals surface area contributed by atoms with Crippen molar-refractivity contribution < 1.29 is 23.9 Å². The summed E-state index contributed by atoms with van der Waals surface area (Å²) in [5, 5.41) is 2.77. The van der Waals surface area contributed by atoms with Crippen LogP contribution in [0.1, 0.15) is 25.7 Å². The van der Waals surface area contributed by atoms with E-state index in [0.29, 0.717) is 38.2 Å². The summed E-state index contributed by atoms with van der Waals surface area (Å²) in [4.78, 5) is 51.6. The number of piperidine rings is 1. The van der Waals surface area contributed by atoms with Gasteiger partial charge in [0.2, 0.25) is 23.6 Å². The lowest BCUT2D eigenvalue weighted by atomic mass is 9.96. The molecule has 1 atom stereocenters. The first-order chi connectivity index (χ1) is 14.4. The maximum absolute atomic E-state index is 12.5. The van der Waals surface area contributed by atoms with Crippen molar-refractivity contribution in [2.24, 2.45) is 17.6 Å². The molecule has 2 aliphatic rings. The van der Waals surface area contributed by atoms with Gasteiger partial charge in [-0.05, 0) is 37.1 Å². The van der Waals surface area contributed by atoms with Gasteiger partial charge in [-0.25, -0.2) is 0 Å². The summed E-state index contributed by atoms with van der Waals surface area (Å²) in [6.07, 6.45) is 1.50. The maximum Gasteiger partial charge on any atom is 0.227 e. The van der Waals surface area contributed by atoms with Crippen molar-refractivity contribution in [3.8, 4) is 5.75 Å². The monoisotopic (exact) mass is 416 g/mol. The minimum atomic E-state index is -0.444. The van der Waals surface area contributed by atoms with Gasteiger partial charge in [-0.15, -0.1) is 0 Å². The number of carbonyl (C=O) groups excluding carboxylic acids is 4. The Labute approximate surface area is 175 Å². The van der Waals surface area contributed by atoms with E-state index in [-0.39, 0.29) is 48.9 Å². The van der Waals surface area contributed by atoms with E-state index >= 15 is 0 Å². The summed E-state index contributed by atoms with van der Waals surface area (Å²) < 4.78 is 5.12. The van der Waals surface area contributed by atoms with Crippen LogP contribution in [0.15, 0.2) is 24.3 Å². The van der Waals surface area contributed by atoms with Crippen molar-refractivity contribution >= 4 is 29.3 Å². The molecule has 1 aromatic rings. The van der Waals surface area contributed by atoms with Gasteiger partial charge in [0.15, 0.2) is 0 Å². The molecule has 30 heavy (non-hydrogen) atoms. The van der Waals surface area contributed by atoms with Gasteiger partial charge in [-0.1, -0.05) is 0 Å². The number of nitrogens with one attached hydrogen (secondary N) is 1. The van der Waals surface area contributed by atoms with Crippen LogP contribution < -0.4 is 20.7 Å². The summed E-state index contributed by atoms with van der Waals surface area (Å²) in [5.41, 5.74) is 6.04. The third kappa shape index (κ3) is 5.08. The van der Waals surface area contributed by atoms with Gasteiger partial charge in [0, 0.05) is 50.6 Å². The van der Waals surface area contributed by atoms with Crippen molar-refractivity contribution in [1.29, 1.82) is 0 Å². The van der Waals surface area contributed by atoms with Gasteiger partial charge in [0.25, 0.3) is 0 Å². The van der Waals surface area contributed by atoms with Crippen LogP contribution in [0.25, 0.3) is 0 Å². The zero-order valence-electron chi connectivity index (χ0n) is 17.1. The average molecular weight is 416 g/mol. The van der Waals surface area contributed by atoms with Crippen molar-refractivity contribution in [3.05, 3.63) is 24.3 Å². The molecule has 0 radical (unpaired) electrons. The van der Waals surface area contributed by atoms with Gasteiger partial charge in [0.05, 0.1) is 13.0 Å². The molecule has 2 saturated heterocycles. The number of nitrogens with two attached hydrogens (primary N) is 1. The predicted octanol–water partition coefficient (Wildman–Crippen LogP) is 0.278. The summed E-state index contributed by atoms with van der Waals surface area (Å²) in [7, 11) is 1.57. The van der Waals surface area contributed by atoms with Crippen molar-refractivity contribution in [1.82, 2.24) is 10.2 Å². The van der Waals surface area contributed by atoms with Crippen molar-refractivity contribution in [2.75, 3.05) is 38.2 Å². The quantitative estimate of drug-likeness (QED) is 0.661. The number of carbonyl (C=O) groups is 4. The number of primary amides is 1. The van der Waals surface area contributed by atoms with Crippen molar-refractivity contribution in [3.63, 3.8) is 0 Å². The van der Waals surface area contributed by atoms with Gasteiger partial charge < -0.3 is 25.6 Å². The van der Waals surface area contributed by atoms with Gasteiger partial charge >= 0.3 is 0 Å². The first-order valence-electron chi connectivity index (χ1n) is 10.2. The van der Waals surface area contributed by atoms with E-state index in [1.807, 2.05) is 0 Å². The molecule has 0 saturated carbocycles. The summed E-state index contributed by atoms with van der Waals surface area (Å²) in [6.45, 7) is 1.55. The molecule has 0 unspecified atom stereocenters. The molecule has 0 aliphatic carbocycles. The Hall–Kier alpha value is -3.10. The Bertz CT molecular complexity index is 802. The number of hydrogen-bond donors (Lipinski definition) is 2. The third-order valence-electron chi connectivity index (χ3n) is 5.77. The van der Waals surface area contributed by atoms with Crippen molar-refractivity contribution in [2.45, 2.75) is 25.7 Å². The molecule has 162 valence electrons. The number of methoxy groups -OCH3 is 1. The standard InChI is InChI=1S/C21H28N4O5/c1-30-17-4-2-16(3-5-17)25-13-15(12-19(25)27)21(29)23-9-6-18(26)24-10-7-14(8-11-24)20(22)28/h2-5,14-15H,6-13H2,1H3,(H2,22,28)(H,23,29)/t15-/m0/s1. The van der Waals surface area contributed by atoms with Crippen LogP contribution in [0.5, 0.6) is 5.75 Å². The first-order valence-corrected chi connectivity index (χ1v) is 10.2. The highest BCUT2D eigenvalue weighted by Gasteiger charge is 2.35. The average Bonchev–Trinajstić information content (AvgIpc) is 3.15. The van der Waals surface area contributed by atoms with E-state index in [9.17, 15) is 19.2 Å². The second-order valence-corrected chi connectivity index (χ2v) is 7.70. The van der Waals surface area contributed by atoms with Crippen LogP contribution in [0.2, 0.25) is 0 Å². The molecular formula is C21H28N4O5. The number of ether oxygens (including phenoxy) is 1. The topological polar surface area (TPSA) is 122 Å². The molecule has 0 spiro atoms. The summed E-state index contributed by atoms with van der Waals surface area (Å²) in [6, 6.07) is 7.12. The fraction of sp³-hybridized carbons (Fsp3) is 0.524. The van der Waals surface area contributed by atoms with Crippen LogP contribution in [0.4, 0.5) is 5.69 Å². The highest BCUT2D eigenvalue weighted by atomic mass is 16.5. The van der Waals surface area contributed by atoms with Gasteiger partial charge in [-0.3, -0.25) is 19.2 Å². The lowest BCUT2D eigenvalue weighted by Gasteiger charge is -2.30. The smallest absolute Gasteiger partial charge is 0.227 e. The molecule has 2 heterocycles. The minimum absolute atomic E-state index is 0.0550. The zero-order valence-corrected chi connectivity index (χ0v) is 17.1. The highest BCUT2D eigenvalue weighted by molar-refractivity contribution is 6.00. The largest absolute Gasteiger partial charge is 0.497 e. The zero-order chi connectivity index (χ0) is 21.7. The molecule has 0 aromatic heterocycles. The Balaban J connectivity index is 1.42. The van der Waals surface area contributed by atoms with E-state index in [0.717, 1.165) is 5.69 Å². The van der Waals surface area contributed by atoms with E-state index < -0.39 is 5.92 Å². The molecule has 2 fully saturated rings. The van der Waals surface area contributed by atoms with E-state index in [1.165, 1.54) is 0 Å². The Morgan fingerprint density at radius 2 is 1.80 bits per heavy atom. The number of likely N-dealkylation sites (tertiary alicyclic amines) is 1. The molecular weight excluding hydrogens is 388 g/mol. The fourth-order valence-electron chi connectivity index (χ4n) is 3.90. The predicted molar refractivity (Wildman–Crippen MR) is 110 cm³/mol. The molecule has 4 amide bonds.